The van der Waals surface area contributed by atoms with E-state index in [2.05, 4.69) is 4.98 Å². The van der Waals surface area contributed by atoms with Crippen LogP contribution in [0.5, 0.6) is 0 Å². The first-order chi connectivity index (χ1) is 8.43. The molecule has 1 aromatic rings. The molecule has 0 aliphatic heterocycles. The molecule has 0 fully saturated rings. The highest BCUT2D eigenvalue weighted by Gasteiger charge is 2.21. The van der Waals surface area contributed by atoms with Gasteiger partial charge in [0.2, 0.25) is 0 Å². The van der Waals surface area contributed by atoms with Gasteiger partial charge in [0.05, 0.1) is 6.42 Å². The Kier molecular flexibility index (Phi) is 4.65. The molecule has 0 saturated heterocycles. The first kappa shape index (κ1) is 14.0. The van der Waals surface area contributed by atoms with Crippen molar-refractivity contribution in [1.29, 1.82) is 0 Å². The topological polar surface area (TPSA) is 90.5 Å². The minimum atomic E-state index is -0.976. The van der Waals surface area contributed by atoms with Crippen LogP contribution in [0, 0.1) is 0 Å². The first-order valence-corrected chi connectivity index (χ1v) is 5.64. The second kappa shape index (κ2) is 6.00. The van der Waals surface area contributed by atoms with Crippen molar-refractivity contribution in [1.82, 2.24) is 9.88 Å². The van der Waals surface area contributed by atoms with Gasteiger partial charge in [0, 0.05) is 18.8 Å². The van der Waals surface area contributed by atoms with E-state index in [1.807, 2.05) is 0 Å². The highest BCUT2D eigenvalue weighted by Crippen LogP contribution is 2.06. The molecule has 6 nitrogen and oxygen atoms in total. The number of hydrogen-bond acceptors (Lipinski definition) is 3. The van der Waals surface area contributed by atoms with Crippen LogP contribution >= 0.6 is 0 Å². The lowest BCUT2D eigenvalue weighted by molar-refractivity contribution is -0.137. The molecule has 0 aliphatic rings. The minimum absolute atomic E-state index is 0.0246. The Labute approximate surface area is 104 Å². The van der Waals surface area contributed by atoms with Crippen LogP contribution in [0.15, 0.2) is 23.1 Å². The van der Waals surface area contributed by atoms with Crippen molar-refractivity contribution in [2.45, 2.75) is 26.3 Å². The number of hydrogen-bond donors (Lipinski definition) is 2. The van der Waals surface area contributed by atoms with E-state index in [9.17, 15) is 14.4 Å². The second-order valence-electron chi connectivity index (χ2n) is 4.15. The average Bonchev–Trinajstić information content (AvgIpc) is 2.28. The van der Waals surface area contributed by atoms with E-state index in [-0.39, 0.29) is 24.6 Å². The van der Waals surface area contributed by atoms with Gasteiger partial charge in [0.15, 0.2) is 0 Å². The Bertz CT molecular complexity index is 493. The van der Waals surface area contributed by atoms with Crippen LogP contribution in [0.1, 0.15) is 30.6 Å². The molecule has 0 aliphatic carbocycles. The number of nitrogens with one attached hydrogen (secondary N) is 1. The van der Waals surface area contributed by atoms with Crippen molar-refractivity contribution >= 4 is 11.9 Å². The van der Waals surface area contributed by atoms with Gasteiger partial charge in [-0.3, -0.25) is 14.4 Å². The summed E-state index contributed by atoms with van der Waals surface area (Å²) in [6, 6.07) is 2.82. The number of pyridine rings is 1. The monoisotopic (exact) mass is 252 g/mol. The van der Waals surface area contributed by atoms with Crippen molar-refractivity contribution in [2.24, 2.45) is 0 Å². The molecule has 0 spiro atoms. The van der Waals surface area contributed by atoms with E-state index in [0.717, 1.165) is 0 Å². The fraction of sp³-hybridized carbons (Fsp3) is 0.417. The lowest BCUT2D eigenvalue weighted by atomic mass is 10.2. The third-order valence-electron chi connectivity index (χ3n) is 2.50. The number of rotatable bonds is 5. The Balaban J connectivity index is 2.93. The summed E-state index contributed by atoms with van der Waals surface area (Å²) in [6.45, 7) is 3.63. The van der Waals surface area contributed by atoms with Crippen LogP contribution in [0.25, 0.3) is 0 Å². The maximum Gasteiger partial charge on any atom is 0.305 e. The number of carbonyl (C=O) groups excluding carboxylic acids is 1. The summed E-state index contributed by atoms with van der Waals surface area (Å²) in [5.74, 6) is -1.43. The predicted octanol–water partition coefficient (Wildman–Crippen LogP) is 0.700. The lowest BCUT2D eigenvalue weighted by Gasteiger charge is -2.25. The van der Waals surface area contributed by atoms with Crippen LogP contribution in [0.4, 0.5) is 0 Å². The van der Waals surface area contributed by atoms with Crippen molar-refractivity contribution < 1.29 is 14.7 Å². The molecule has 0 radical (unpaired) electrons. The maximum atomic E-state index is 12.1. The number of H-pyrrole nitrogens is 1. The second-order valence-corrected chi connectivity index (χ2v) is 4.15. The molecule has 1 aromatic heterocycles. The van der Waals surface area contributed by atoms with E-state index in [0.29, 0.717) is 0 Å². The molecule has 6 heteroatoms. The number of nitrogens with zero attached hydrogens (tertiary/aromatic N) is 1. The maximum absolute atomic E-state index is 12.1. The van der Waals surface area contributed by atoms with Crippen LogP contribution in [-0.4, -0.2) is 39.5 Å². The Morgan fingerprint density at radius 3 is 2.61 bits per heavy atom. The van der Waals surface area contributed by atoms with E-state index in [1.165, 1.54) is 17.2 Å². The van der Waals surface area contributed by atoms with Gasteiger partial charge in [-0.1, -0.05) is 0 Å². The Morgan fingerprint density at radius 1 is 1.44 bits per heavy atom. The SMILES string of the molecule is CC(C)N(CCC(=O)O)C(=O)c1ccc[nH]c1=O. The van der Waals surface area contributed by atoms with Crippen molar-refractivity contribution in [3.8, 4) is 0 Å². The Morgan fingerprint density at radius 2 is 2.11 bits per heavy atom. The standard InChI is InChI=1S/C12H16N2O4/c1-8(2)14(7-5-10(15)16)12(18)9-4-3-6-13-11(9)17/h3-4,6,8H,5,7H2,1-2H3,(H,13,17)(H,15,16). The Hall–Kier alpha value is -2.11. The molecule has 0 aromatic carbocycles. The molecule has 1 heterocycles. The van der Waals surface area contributed by atoms with E-state index in [4.69, 9.17) is 5.11 Å². The summed E-state index contributed by atoms with van der Waals surface area (Å²) in [4.78, 5) is 38.0. The third-order valence-corrected chi connectivity index (χ3v) is 2.50. The fourth-order valence-electron chi connectivity index (χ4n) is 1.56. The fourth-order valence-corrected chi connectivity index (χ4v) is 1.56. The molecular weight excluding hydrogens is 236 g/mol. The molecule has 0 bridgehead atoms. The molecule has 98 valence electrons. The van der Waals surface area contributed by atoms with Gasteiger partial charge in [-0.25, -0.2) is 0 Å². The van der Waals surface area contributed by atoms with Crippen LogP contribution in [-0.2, 0) is 4.79 Å². The number of aliphatic carboxylic acids is 1. The van der Waals surface area contributed by atoms with Crippen LogP contribution in [0.2, 0.25) is 0 Å². The largest absolute Gasteiger partial charge is 0.481 e. The number of carbonyl (C=O) groups is 2. The number of aromatic amines is 1. The third kappa shape index (κ3) is 3.44. The number of carboxylic acids is 1. The normalized spacial score (nSPS) is 10.4. The van der Waals surface area contributed by atoms with Crippen LogP contribution < -0.4 is 5.56 Å². The molecule has 18 heavy (non-hydrogen) atoms. The molecule has 1 amide bonds. The van der Waals surface area contributed by atoms with E-state index in [1.54, 1.807) is 19.9 Å². The first-order valence-electron chi connectivity index (χ1n) is 5.64. The molecule has 2 N–H and O–H groups in total. The van der Waals surface area contributed by atoms with Gasteiger partial charge in [-0.15, -0.1) is 0 Å². The highest BCUT2D eigenvalue weighted by atomic mass is 16.4. The average molecular weight is 252 g/mol. The zero-order valence-electron chi connectivity index (χ0n) is 10.3. The zero-order chi connectivity index (χ0) is 13.7. The summed E-state index contributed by atoms with van der Waals surface area (Å²) in [6.07, 6.45) is 1.30. The summed E-state index contributed by atoms with van der Waals surface area (Å²) in [5, 5.41) is 8.65. The summed E-state index contributed by atoms with van der Waals surface area (Å²) in [7, 11) is 0. The van der Waals surface area contributed by atoms with Gasteiger partial charge in [0.1, 0.15) is 5.56 Å². The van der Waals surface area contributed by atoms with E-state index < -0.39 is 17.4 Å². The van der Waals surface area contributed by atoms with Gasteiger partial charge < -0.3 is 15.0 Å². The van der Waals surface area contributed by atoms with E-state index >= 15 is 0 Å². The van der Waals surface area contributed by atoms with Gasteiger partial charge in [-0.2, -0.15) is 0 Å². The summed E-state index contributed by atoms with van der Waals surface area (Å²) in [5.41, 5.74) is -0.444. The van der Waals surface area contributed by atoms with Gasteiger partial charge >= 0.3 is 5.97 Å². The predicted molar refractivity (Wildman–Crippen MR) is 65.5 cm³/mol. The molecule has 1 rings (SSSR count). The van der Waals surface area contributed by atoms with Gasteiger partial charge in [0.25, 0.3) is 11.5 Å². The molecular formula is C12H16N2O4. The van der Waals surface area contributed by atoms with Crippen LogP contribution in [0.3, 0.4) is 0 Å². The minimum Gasteiger partial charge on any atom is -0.481 e. The summed E-state index contributed by atoms with van der Waals surface area (Å²) >= 11 is 0. The number of aromatic nitrogens is 1. The van der Waals surface area contributed by atoms with Crippen molar-refractivity contribution in [2.75, 3.05) is 6.54 Å². The number of amides is 1. The number of carboxylic acid groups (broad SMARTS) is 1. The van der Waals surface area contributed by atoms with Gasteiger partial charge in [-0.05, 0) is 26.0 Å². The highest BCUT2D eigenvalue weighted by molar-refractivity contribution is 5.94. The smallest absolute Gasteiger partial charge is 0.305 e. The molecule has 0 atom stereocenters. The molecule has 0 unspecified atom stereocenters. The van der Waals surface area contributed by atoms with Crippen molar-refractivity contribution in [3.63, 3.8) is 0 Å². The zero-order valence-corrected chi connectivity index (χ0v) is 10.3. The lowest BCUT2D eigenvalue weighted by Crippen LogP contribution is -2.40. The summed E-state index contributed by atoms with van der Waals surface area (Å²) < 4.78 is 0. The van der Waals surface area contributed by atoms with Crippen molar-refractivity contribution in [3.05, 3.63) is 34.2 Å². The molecule has 0 saturated carbocycles. The quantitative estimate of drug-likeness (QED) is 0.807.